The number of halogens is 2. The molecule has 7 nitrogen and oxygen atoms in total. The zero-order valence-corrected chi connectivity index (χ0v) is 17.1. The number of pyridine rings is 1. The molecule has 1 fully saturated rings. The zero-order valence-electron chi connectivity index (χ0n) is 15.6. The minimum Gasteiger partial charge on any atom is -0.336 e. The summed E-state index contributed by atoms with van der Waals surface area (Å²) in [5.74, 6) is -0.0706. The van der Waals surface area contributed by atoms with E-state index < -0.39 is 6.04 Å². The predicted molar refractivity (Wildman–Crippen MR) is 110 cm³/mol. The number of carbonyl (C=O) groups is 1. The Labute approximate surface area is 178 Å². The lowest BCUT2D eigenvalue weighted by atomic mass is 9.87. The van der Waals surface area contributed by atoms with Crippen LogP contribution in [0.4, 0.5) is 0 Å². The topological polar surface area (TPSA) is 79.6 Å². The number of amides is 1. The summed E-state index contributed by atoms with van der Waals surface area (Å²) in [5, 5.41) is 12.2. The lowest BCUT2D eigenvalue weighted by molar-refractivity contribution is -0.531. The number of nitrogens with zero attached hydrogens (tertiary/aromatic N) is 4. The van der Waals surface area contributed by atoms with Crippen molar-refractivity contribution in [2.45, 2.75) is 24.9 Å². The number of hydrogen-bond acceptors (Lipinski definition) is 5. The fourth-order valence-corrected chi connectivity index (χ4v) is 4.52. The summed E-state index contributed by atoms with van der Waals surface area (Å²) in [5.41, 5.74) is 2.03. The van der Waals surface area contributed by atoms with Gasteiger partial charge in [-0.3, -0.25) is 24.8 Å². The molecule has 0 radical (unpaired) electrons. The molecule has 4 rings (SSSR count). The van der Waals surface area contributed by atoms with Gasteiger partial charge in [-0.15, -0.1) is 0 Å². The number of hydrogen-bond donors (Lipinski definition) is 0. The van der Waals surface area contributed by atoms with Crippen LogP contribution in [0.2, 0.25) is 10.0 Å². The van der Waals surface area contributed by atoms with Crippen LogP contribution in [0.1, 0.15) is 46.5 Å². The summed E-state index contributed by atoms with van der Waals surface area (Å²) in [6.45, 7) is 2.54. The van der Waals surface area contributed by atoms with Gasteiger partial charge in [-0.1, -0.05) is 23.2 Å². The Balaban J connectivity index is 1.46. The third-order valence-electron chi connectivity index (χ3n) is 5.72. The van der Waals surface area contributed by atoms with Crippen LogP contribution in [0.3, 0.4) is 0 Å². The van der Waals surface area contributed by atoms with Crippen molar-refractivity contribution in [3.63, 3.8) is 0 Å². The van der Waals surface area contributed by atoms with Crippen LogP contribution < -0.4 is 0 Å². The molecule has 2 unspecified atom stereocenters. The van der Waals surface area contributed by atoms with Crippen molar-refractivity contribution in [3.8, 4) is 0 Å². The lowest BCUT2D eigenvalue weighted by Crippen LogP contribution is -2.50. The molecule has 0 bridgehead atoms. The van der Waals surface area contributed by atoms with Gasteiger partial charge in [-0.05, 0) is 36.8 Å². The van der Waals surface area contributed by atoms with E-state index in [0.717, 1.165) is 5.69 Å². The van der Waals surface area contributed by atoms with E-state index in [1.54, 1.807) is 35.4 Å². The van der Waals surface area contributed by atoms with E-state index in [1.165, 1.54) is 0 Å². The largest absolute Gasteiger partial charge is 0.336 e. The second-order valence-corrected chi connectivity index (χ2v) is 8.14. The van der Waals surface area contributed by atoms with Gasteiger partial charge < -0.3 is 4.90 Å². The van der Waals surface area contributed by atoms with Gasteiger partial charge >= 0.3 is 0 Å². The fourth-order valence-electron chi connectivity index (χ4n) is 4.22. The van der Waals surface area contributed by atoms with Gasteiger partial charge in [0.15, 0.2) is 0 Å². The molecular weight excluding hydrogens is 415 g/mol. The molecule has 1 saturated heterocycles. The number of aromatic nitrogens is 1. The van der Waals surface area contributed by atoms with Crippen LogP contribution in [0.25, 0.3) is 0 Å². The van der Waals surface area contributed by atoms with Crippen LogP contribution in [0.5, 0.6) is 0 Å². The van der Waals surface area contributed by atoms with Crippen molar-refractivity contribution in [2.75, 3.05) is 26.2 Å². The van der Waals surface area contributed by atoms with E-state index in [2.05, 4.69) is 9.88 Å². The highest BCUT2D eigenvalue weighted by Crippen LogP contribution is 2.39. The molecule has 0 N–H and O–H groups in total. The number of rotatable bonds is 3. The Bertz CT molecular complexity index is 947. The van der Waals surface area contributed by atoms with Crippen molar-refractivity contribution in [2.24, 2.45) is 0 Å². The molecule has 1 aliphatic heterocycles. The number of fused-ring (bicyclic) bond motifs is 1. The average Bonchev–Trinajstić information content (AvgIpc) is 2.74. The minimum absolute atomic E-state index is 0.0460. The first-order valence-corrected chi connectivity index (χ1v) is 10.3. The molecule has 2 aliphatic rings. The van der Waals surface area contributed by atoms with Gasteiger partial charge in [-0.2, -0.15) is 0 Å². The highest BCUT2D eigenvalue weighted by Gasteiger charge is 2.38. The molecule has 1 aromatic carbocycles. The number of nitro groups is 1. The standard InChI is InChI=1S/C20H20Cl2N4O3/c21-15-4-3-13(12-16(15)22)20(27)25-10-8-24(9-11-25)18-6-5-17(26(28)29)14-2-1-7-23-19(14)18/h1-4,7,12,17-18H,5-6,8-11H2. The van der Waals surface area contributed by atoms with E-state index in [1.807, 2.05) is 6.07 Å². The van der Waals surface area contributed by atoms with Gasteiger partial charge in [0, 0.05) is 54.8 Å². The predicted octanol–water partition coefficient (Wildman–Crippen LogP) is 4.00. The van der Waals surface area contributed by atoms with Gasteiger partial charge in [0.1, 0.15) is 0 Å². The second-order valence-electron chi connectivity index (χ2n) is 7.33. The van der Waals surface area contributed by atoms with Gasteiger partial charge in [0.2, 0.25) is 6.04 Å². The molecule has 1 amide bonds. The molecule has 29 heavy (non-hydrogen) atoms. The normalized spacial score (nSPS) is 22.2. The fraction of sp³-hybridized carbons (Fsp3) is 0.400. The average molecular weight is 435 g/mol. The third-order valence-corrected chi connectivity index (χ3v) is 6.46. The van der Waals surface area contributed by atoms with Crippen LogP contribution in [0.15, 0.2) is 36.5 Å². The summed E-state index contributed by atoms with van der Waals surface area (Å²) in [6, 6.07) is 7.83. The molecule has 2 aromatic rings. The summed E-state index contributed by atoms with van der Waals surface area (Å²) < 4.78 is 0. The highest BCUT2D eigenvalue weighted by molar-refractivity contribution is 6.42. The van der Waals surface area contributed by atoms with Gasteiger partial charge in [0.25, 0.3) is 5.91 Å². The highest BCUT2D eigenvalue weighted by atomic mass is 35.5. The van der Waals surface area contributed by atoms with Gasteiger partial charge in [-0.25, -0.2) is 0 Å². The Morgan fingerprint density at radius 1 is 1.10 bits per heavy atom. The smallest absolute Gasteiger partial charge is 0.253 e. The van der Waals surface area contributed by atoms with Crippen molar-refractivity contribution < 1.29 is 9.72 Å². The minimum atomic E-state index is -0.688. The van der Waals surface area contributed by atoms with E-state index in [-0.39, 0.29) is 16.9 Å². The zero-order chi connectivity index (χ0) is 20.5. The SMILES string of the molecule is O=C(c1ccc(Cl)c(Cl)c1)N1CCN(C2CCC([N+](=O)[O-])c3cccnc32)CC1. The molecule has 2 atom stereocenters. The Kier molecular flexibility index (Phi) is 5.72. The van der Waals surface area contributed by atoms with Crippen LogP contribution >= 0.6 is 23.2 Å². The molecular formula is C20H20Cl2N4O3. The Morgan fingerprint density at radius 2 is 1.86 bits per heavy atom. The van der Waals surface area contributed by atoms with E-state index >= 15 is 0 Å². The van der Waals surface area contributed by atoms with E-state index in [0.29, 0.717) is 60.2 Å². The van der Waals surface area contributed by atoms with Crippen LogP contribution in [-0.2, 0) is 0 Å². The molecule has 0 spiro atoms. The summed E-state index contributed by atoms with van der Waals surface area (Å²) in [7, 11) is 0. The van der Waals surface area contributed by atoms with Crippen LogP contribution in [0, 0.1) is 10.1 Å². The first kappa shape index (κ1) is 20.1. The second kappa shape index (κ2) is 8.26. The maximum Gasteiger partial charge on any atom is 0.253 e. The maximum absolute atomic E-state index is 12.8. The summed E-state index contributed by atoms with van der Waals surface area (Å²) >= 11 is 12.0. The first-order chi connectivity index (χ1) is 14.0. The third kappa shape index (κ3) is 3.95. The molecule has 152 valence electrons. The summed E-state index contributed by atoms with van der Waals surface area (Å²) in [4.78, 5) is 32.5. The lowest BCUT2D eigenvalue weighted by Gasteiger charge is -2.41. The molecule has 0 saturated carbocycles. The van der Waals surface area contributed by atoms with Crippen molar-refractivity contribution in [1.29, 1.82) is 0 Å². The maximum atomic E-state index is 12.8. The quantitative estimate of drug-likeness (QED) is 0.538. The molecule has 1 aliphatic carbocycles. The Morgan fingerprint density at radius 3 is 2.55 bits per heavy atom. The first-order valence-electron chi connectivity index (χ1n) is 9.52. The summed E-state index contributed by atoms with van der Waals surface area (Å²) in [6.07, 6.45) is 2.88. The van der Waals surface area contributed by atoms with Crippen LogP contribution in [-0.4, -0.2) is 51.8 Å². The molecule has 2 heterocycles. The van der Waals surface area contributed by atoms with Crippen molar-refractivity contribution >= 4 is 29.1 Å². The number of benzene rings is 1. The molecule has 9 heteroatoms. The number of piperazine rings is 1. The van der Waals surface area contributed by atoms with Crippen molar-refractivity contribution in [3.05, 3.63) is 73.5 Å². The number of carbonyl (C=O) groups excluding carboxylic acids is 1. The Hall–Kier alpha value is -2.22. The van der Waals surface area contributed by atoms with E-state index in [9.17, 15) is 14.9 Å². The van der Waals surface area contributed by atoms with Gasteiger partial charge in [0.05, 0.1) is 21.8 Å². The monoisotopic (exact) mass is 434 g/mol. The molecule has 1 aromatic heterocycles. The van der Waals surface area contributed by atoms with E-state index in [4.69, 9.17) is 23.2 Å². The van der Waals surface area contributed by atoms with Crippen molar-refractivity contribution in [1.82, 2.24) is 14.8 Å².